The molecule has 0 saturated carbocycles. The van der Waals surface area contributed by atoms with Crippen LogP contribution in [0.25, 0.3) is 16.9 Å². The summed E-state index contributed by atoms with van der Waals surface area (Å²) in [4.78, 5) is 14.5. The van der Waals surface area contributed by atoms with Crippen LogP contribution >= 0.6 is 11.3 Å². The Hall–Kier alpha value is -3.18. The van der Waals surface area contributed by atoms with Crippen LogP contribution in [-0.2, 0) is 17.8 Å². The third-order valence-electron chi connectivity index (χ3n) is 4.76. The predicted octanol–water partition coefficient (Wildman–Crippen LogP) is 5.83. The van der Waals surface area contributed by atoms with Crippen LogP contribution in [0.3, 0.4) is 0 Å². The summed E-state index contributed by atoms with van der Waals surface area (Å²) < 4.78 is 7.49. The second kappa shape index (κ2) is 8.45. The predicted molar refractivity (Wildman–Crippen MR) is 117 cm³/mol. The number of thiophene rings is 1. The van der Waals surface area contributed by atoms with E-state index in [-0.39, 0.29) is 12.6 Å². The van der Waals surface area contributed by atoms with Gasteiger partial charge in [0, 0.05) is 22.2 Å². The SMILES string of the molecule is CCc1sc(C(=O)OCc2cn(-c3ccccc3)nc2-c2ccccc2)cc1C. The van der Waals surface area contributed by atoms with E-state index >= 15 is 0 Å². The molecule has 0 N–H and O–H groups in total. The van der Waals surface area contributed by atoms with E-state index in [1.807, 2.05) is 84.5 Å². The first-order valence-corrected chi connectivity index (χ1v) is 10.4. The van der Waals surface area contributed by atoms with Gasteiger partial charge in [-0.15, -0.1) is 11.3 Å². The molecule has 4 rings (SSSR count). The Kier molecular flexibility index (Phi) is 5.58. The number of hydrogen-bond acceptors (Lipinski definition) is 4. The molecule has 0 fully saturated rings. The van der Waals surface area contributed by atoms with Gasteiger partial charge in [-0.3, -0.25) is 0 Å². The molecule has 0 aliphatic rings. The molecule has 2 aromatic heterocycles. The molecule has 2 aromatic carbocycles. The molecule has 4 aromatic rings. The summed E-state index contributed by atoms with van der Waals surface area (Å²) in [5.74, 6) is -0.288. The molecule has 2 heterocycles. The highest BCUT2D eigenvalue weighted by atomic mass is 32.1. The van der Waals surface area contributed by atoms with Crippen LogP contribution < -0.4 is 0 Å². The number of carbonyl (C=O) groups is 1. The third-order valence-corrected chi connectivity index (χ3v) is 6.12. The Morgan fingerprint density at radius 3 is 2.41 bits per heavy atom. The lowest BCUT2D eigenvalue weighted by molar-refractivity contribution is 0.0479. The Labute approximate surface area is 174 Å². The van der Waals surface area contributed by atoms with Crippen molar-refractivity contribution in [2.75, 3.05) is 0 Å². The minimum atomic E-state index is -0.288. The van der Waals surface area contributed by atoms with Crippen LogP contribution in [-0.4, -0.2) is 15.7 Å². The molecule has 0 aliphatic heterocycles. The number of carbonyl (C=O) groups excluding carboxylic acids is 1. The van der Waals surface area contributed by atoms with E-state index < -0.39 is 0 Å². The minimum Gasteiger partial charge on any atom is -0.456 e. The van der Waals surface area contributed by atoms with E-state index in [0.29, 0.717) is 4.88 Å². The zero-order valence-corrected chi connectivity index (χ0v) is 17.3. The smallest absolute Gasteiger partial charge is 0.348 e. The van der Waals surface area contributed by atoms with Crippen LogP contribution in [0.15, 0.2) is 72.9 Å². The lowest BCUT2D eigenvalue weighted by Gasteiger charge is -2.04. The van der Waals surface area contributed by atoms with Gasteiger partial charge >= 0.3 is 5.97 Å². The zero-order valence-electron chi connectivity index (χ0n) is 16.5. The minimum absolute atomic E-state index is 0.175. The van der Waals surface area contributed by atoms with Gasteiger partial charge in [0.15, 0.2) is 0 Å². The van der Waals surface area contributed by atoms with Crippen LogP contribution in [0.1, 0.15) is 32.6 Å². The molecule has 146 valence electrons. The van der Waals surface area contributed by atoms with Gasteiger partial charge in [0.05, 0.1) is 11.4 Å². The molecule has 0 amide bonds. The molecule has 0 bridgehead atoms. The highest BCUT2D eigenvalue weighted by Crippen LogP contribution is 2.26. The Balaban J connectivity index is 1.61. The number of ether oxygens (including phenoxy) is 1. The Bertz CT molecular complexity index is 1110. The Morgan fingerprint density at radius 2 is 1.76 bits per heavy atom. The van der Waals surface area contributed by atoms with Gasteiger partial charge in [-0.1, -0.05) is 55.5 Å². The number of hydrogen-bond donors (Lipinski definition) is 0. The first-order chi connectivity index (χ1) is 14.2. The molecule has 4 nitrogen and oxygen atoms in total. The van der Waals surface area contributed by atoms with Crippen molar-refractivity contribution >= 4 is 17.3 Å². The maximum atomic E-state index is 12.6. The molecule has 0 radical (unpaired) electrons. The number of esters is 1. The summed E-state index contributed by atoms with van der Waals surface area (Å²) in [6.07, 6.45) is 2.86. The number of para-hydroxylation sites is 1. The standard InChI is InChI=1S/C24H22N2O2S/c1-3-21-17(2)14-22(29-21)24(27)28-16-19-15-26(20-12-8-5-9-13-20)25-23(19)18-10-6-4-7-11-18/h4-15H,3,16H2,1-2H3. The average molecular weight is 403 g/mol. The summed E-state index contributed by atoms with van der Waals surface area (Å²) >= 11 is 1.51. The molecule has 0 aliphatic carbocycles. The maximum absolute atomic E-state index is 12.6. The molecule has 5 heteroatoms. The number of aryl methyl sites for hydroxylation is 2. The van der Waals surface area contributed by atoms with Crippen molar-refractivity contribution in [3.63, 3.8) is 0 Å². The molecule has 0 unspecified atom stereocenters. The lowest BCUT2D eigenvalue weighted by Crippen LogP contribution is -2.03. The zero-order chi connectivity index (χ0) is 20.2. The number of benzene rings is 2. The van der Waals surface area contributed by atoms with Gasteiger partial charge in [-0.25, -0.2) is 9.48 Å². The summed E-state index contributed by atoms with van der Waals surface area (Å²) in [6, 6.07) is 21.8. The van der Waals surface area contributed by atoms with E-state index in [4.69, 9.17) is 9.84 Å². The van der Waals surface area contributed by atoms with Gasteiger partial charge in [-0.05, 0) is 37.1 Å². The van der Waals surface area contributed by atoms with Gasteiger partial charge in [0.1, 0.15) is 11.5 Å². The normalized spacial score (nSPS) is 10.8. The third kappa shape index (κ3) is 4.15. The quantitative estimate of drug-likeness (QED) is 0.381. The van der Waals surface area contributed by atoms with Gasteiger partial charge in [0.2, 0.25) is 0 Å². The van der Waals surface area contributed by atoms with Gasteiger partial charge in [0.25, 0.3) is 0 Å². The van der Waals surface area contributed by atoms with Crippen LogP contribution in [0.4, 0.5) is 0 Å². The van der Waals surface area contributed by atoms with Crippen molar-refractivity contribution in [1.82, 2.24) is 9.78 Å². The van der Waals surface area contributed by atoms with Crippen molar-refractivity contribution in [2.24, 2.45) is 0 Å². The average Bonchev–Trinajstić information content (AvgIpc) is 3.37. The van der Waals surface area contributed by atoms with Crippen molar-refractivity contribution in [3.05, 3.63) is 93.8 Å². The van der Waals surface area contributed by atoms with Crippen LogP contribution in [0, 0.1) is 6.92 Å². The van der Waals surface area contributed by atoms with Crippen molar-refractivity contribution in [1.29, 1.82) is 0 Å². The fraction of sp³-hybridized carbons (Fsp3) is 0.167. The lowest BCUT2D eigenvalue weighted by atomic mass is 10.1. The number of nitrogens with zero attached hydrogens (tertiary/aromatic N) is 2. The molecular formula is C24H22N2O2S. The highest BCUT2D eigenvalue weighted by Gasteiger charge is 2.17. The maximum Gasteiger partial charge on any atom is 0.348 e. The monoisotopic (exact) mass is 402 g/mol. The largest absolute Gasteiger partial charge is 0.456 e. The number of aromatic nitrogens is 2. The molecule has 0 saturated heterocycles. The van der Waals surface area contributed by atoms with E-state index in [1.165, 1.54) is 16.2 Å². The van der Waals surface area contributed by atoms with Crippen LogP contribution in [0.2, 0.25) is 0 Å². The molecule has 0 spiro atoms. The topological polar surface area (TPSA) is 44.1 Å². The first kappa shape index (κ1) is 19.2. The van der Waals surface area contributed by atoms with Crippen LogP contribution in [0.5, 0.6) is 0 Å². The van der Waals surface area contributed by atoms with Crippen molar-refractivity contribution in [3.8, 4) is 16.9 Å². The highest BCUT2D eigenvalue weighted by molar-refractivity contribution is 7.14. The second-order valence-corrected chi connectivity index (χ2v) is 7.93. The fourth-order valence-electron chi connectivity index (χ4n) is 3.25. The van der Waals surface area contributed by atoms with E-state index in [1.54, 1.807) is 0 Å². The van der Waals surface area contributed by atoms with Gasteiger partial charge in [-0.2, -0.15) is 5.10 Å². The first-order valence-electron chi connectivity index (χ1n) is 9.61. The second-order valence-electron chi connectivity index (χ2n) is 6.80. The molecule has 29 heavy (non-hydrogen) atoms. The number of rotatable bonds is 6. The van der Waals surface area contributed by atoms with Crippen molar-refractivity contribution in [2.45, 2.75) is 26.9 Å². The summed E-state index contributed by atoms with van der Waals surface area (Å²) in [5, 5.41) is 4.76. The molecule has 0 atom stereocenters. The van der Waals surface area contributed by atoms with Gasteiger partial charge < -0.3 is 4.74 Å². The van der Waals surface area contributed by atoms with E-state index in [9.17, 15) is 4.79 Å². The summed E-state index contributed by atoms with van der Waals surface area (Å²) in [6.45, 7) is 4.30. The summed E-state index contributed by atoms with van der Waals surface area (Å²) in [7, 11) is 0. The Morgan fingerprint density at radius 1 is 1.07 bits per heavy atom. The van der Waals surface area contributed by atoms with E-state index in [2.05, 4.69) is 6.92 Å². The summed E-state index contributed by atoms with van der Waals surface area (Å²) in [5.41, 5.74) is 4.79. The van der Waals surface area contributed by atoms with Crippen molar-refractivity contribution < 1.29 is 9.53 Å². The molecular weight excluding hydrogens is 380 g/mol. The van der Waals surface area contributed by atoms with E-state index in [0.717, 1.165) is 34.5 Å². The fourth-order valence-corrected chi connectivity index (χ4v) is 4.26.